The minimum absolute atomic E-state index is 0.0248. The van der Waals surface area contributed by atoms with E-state index in [0.717, 1.165) is 6.42 Å². The summed E-state index contributed by atoms with van der Waals surface area (Å²) < 4.78 is 1.28. The average Bonchev–Trinajstić information content (AvgIpc) is 2.21. The Morgan fingerprint density at radius 1 is 1.67 bits per heavy atom. The second kappa shape index (κ2) is 5.29. The maximum absolute atomic E-state index is 11.4. The van der Waals surface area contributed by atoms with Gasteiger partial charge in [-0.1, -0.05) is 6.92 Å². The second-order valence-electron chi connectivity index (χ2n) is 3.42. The van der Waals surface area contributed by atoms with Gasteiger partial charge in [-0.3, -0.25) is 14.2 Å². The van der Waals surface area contributed by atoms with Crippen LogP contribution in [0, 0.1) is 0 Å². The third-order valence-electron chi connectivity index (χ3n) is 2.13. The summed E-state index contributed by atoms with van der Waals surface area (Å²) in [4.78, 5) is 26.5. The molecule has 5 heteroatoms. The number of carbonyl (C=O) groups is 1. The highest BCUT2D eigenvalue weighted by atomic mass is 16.2. The number of aromatic nitrogens is 2. The molecule has 0 bridgehead atoms. The van der Waals surface area contributed by atoms with E-state index >= 15 is 0 Å². The van der Waals surface area contributed by atoms with E-state index in [2.05, 4.69) is 10.3 Å². The summed E-state index contributed by atoms with van der Waals surface area (Å²) in [6, 6.07) is 1.46. The molecule has 0 saturated heterocycles. The Bertz CT molecular complexity index is 386. The second-order valence-corrected chi connectivity index (χ2v) is 3.42. The quantitative estimate of drug-likeness (QED) is 0.768. The van der Waals surface area contributed by atoms with Crippen molar-refractivity contribution in [2.24, 2.45) is 0 Å². The predicted octanol–water partition coefficient (Wildman–Crippen LogP) is 0.158. The zero-order valence-corrected chi connectivity index (χ0v) is 8.93. The first-order valence-corrected chi connectivity index (χ1v) is 4.93. The fourth-order valence-corrected chi connectivity index (χ4v) is 1.07. The van der Waals surface area contributed by atoms with E-state index in [-0.39, 0.29) is 24.1 Å². The summed E-state index contributed by atoms with van der Waals surface area (Å²) in [7, 11) is 0. The summed E-state index contributed by atoms with van der Waals surface area (Å²) in [5.41, 5.74) is -0.218. The van der Waals surface area contributed by atoms with Gasteiger partial charge in [-0.15, -0.1) is 0 Å². The van der Waals surface area contributed by atoms with Crippen LogP contribution >= 0.6 is 0 Å². The average molecular weight is 209 g/mol. The summed E-state index contributed by atoms with van der Waals surface area (Å²) in [6.45, 7) is 3.93. The molecular formula is C10H15N3O2. The number of nitrogens with one attached hydrogen (secondary N) is 1. The molecule has 1 unspecified atom stereocenters. The molecule has 0 aliphatic carbocycles. The van der Waals surface area contributed by atoms with E-state index in [4.69, 9.17) is 0 Å². The van der Waals surface area contributed by atoms with Crippen LogP contribution in [0.4, 0.5) is 0 Å². The van der Waals surface area contributed by atoms with E-state index < -0.39 is 0 Å². The molecule has 15 heavy (non-hydrogen) atoms. The van der Waals surface area contributed by atoms with Crippen molar-refractivity contribution < 1.29 is 4.79 Å². The normalized spacial score (nSPS) is 12.1. The summed E-state index contributed by atoms with van der Waals surface area (Å²) in [5.74, 6) is -0.167. The molecule has 1 atom stereocenters. The van der Waals surface area contributed by atoms with E-state index in [0.29, 0.717) is 0 Å². The van der Waals surface area contributed by atoms with Crippen LogP contribution in [0.1, 0.15) is 20.3 Å². The zero-order valence-electron chi connectivity index (χ0n) is 8.93. The summed E-state index contributed by atoms with van der Waals surface area (Å²) in [5, 5.41) is 2.78. The SMILES string of the molecule is CCC(C)NC(=O)Cn1cnccc1=O. The van der Waals surface area contributed by atoms with Gasteiger partial charge < -0.3 is 5.32 Å². The van der Waals surface area contributed by atoms with Crippen molar-refractivity contribution in [2.45, 2.75) is 32.9 Å². The van der Waals surface area contributed by atoms with Crippen molar-refractivity contribution in [1.82, 2.24) is 14.9 Å². The van der Waals surface area contributed by atoms with Crippen molar-refractivity contribution in [1.29, 1.82) is 0 Å². The molecule has 1 N–H and O–H groups in total. The van der Waals surface area contributed by atoms with Gasteiger partial charge in [0.05, 0.1) is 6.33 Å². The Kier molecular flexibility index (Phi) is 4.03. The van der Waals surface area contributed by atoms with Gasteiger partial charge in [-0.05, 0) is 13.3 Å². The van der Waals surface area contributed by atoms with Crippen molar-refractivity contribution in [2.75, 3.05) is 0 Å². The first-order valence-electron chi connectivity index (χ1n) is 4.93. The Hall–Kier alpha value is -1.65. The predicted molar refractivity (Wildman–Crippen MR) is 56.4 cm³/mol. The van der Waals surface area contributed by atoms with Crippen LogP contribution in [-0.4, -0.2) is 21.5 Å². The molecule has 1 aromatic heterocycles. The van der Waals surface area contributed by atoms with Crippen LogP contribution in [0.3, 0.4) is 0 Å². The van der Waals surface area contributed by atoms with Gasteiger partial charge in [0.15, 0.2) is 0 Å². The number of nitrogens with zero attached hydrogens (tertiary/aromatic N) is 2. The highest BCUT2D eigenvalue weighted by Crippen LogP contribution is 1.88. The molecule has 1 amide bonds. The lowest BCUT2D eigenvalue weighted by atomic mass is 10.2. The number of amides is 1. The zero-order chi connectivity index (χ0) is 11.3. The number of hydrogen-bond donors (Lipinski definition) is 1. The van der Waals surface area contributed by atoms with Crippen molar-refractivity contribution in [3.05, 3.63) is 28.9 Å². The molecule has 0 aliphatic rings. The molecule has 1 rings (SSSR count). The summed E-state index contributed by atoms with van der Waals surface area (Å²) in [6.07, 6.45) is 3.64. The van der Waals surface area contributed by atoms with Crippen LogP contribution in [0.25, 0.3) is 0 Å². The highest BCUT2D eigenvalue weighted by Gasteiger charge is 2.06. The topological polar surface area (TPSA) is 64.0 Å². The summed E-state index contributed by atoms with van der Waals surface area (Å²) >= 11 is 0. The van der Waals surface area contributed by atoms with Crippen LogP contribution < -0.4 is 10.9 Å². The molecule has 0 spiro atoms. The maximum atomic E-state index is 11.4. The first-order chi connectivity index (χ1) is 7.13. The van der Waals surface area contributed by atoms with Crippen molar-refractivity contribution >= 4 is 5.91 Å². The third-order valence-corrected chi connectivity index (χ3v) is 2.13. The van der Waals surface area contributed by atoms with E-state index in [1.165, 1.54) is 23.2 Å². The molecule has 0 aliphatic heterocycles. The lowest BCUT2D eigenvalue weighted by Crippen LogP contribution is -2.36. The molecular weight excluding hydrogens is 194 g/mol. The number of carbonyl (C=O) groups excluding carboxylic acids is 1. The van der Waals surface area contributed by atoms with Crippen molar-refractivity contribution in [3.8, 4) is 0 Å². The van der Waals surface area contributed by atoms with Gasteiger partial charge in [0.1, 0.15) is 6.54 Å². The smallest absolute Gasteiger partial charge is 0.253 e. The lowest BCUT2D eigenvalue weighted by molar-refractivity contribution is -0.122. The molecule has 0 aromatic carbocycles. The fraction of sp³-hybridized carbons (Fsp3) is 0.500. The van der Waals surface area contributed by atoms with E-state index in [1.807, 2.05) is 13.8 Å². The third kappa shape index (κ3) is 3.53. The highest BCUT2D eigenvalue weighted by molar-refractivity contribution is 5.75. The molecule has 1 aromatic rings. The lowest BCUT2D eigenvalue weighted by Gasteiger charge is -2.11. The van der Waals surface area contributed by atoms with Gasteiger partial charge in [0, 0.05) is 18.3 Å². The number of hydrogen-bond acceptors (Lipinski definition) is 3. The molecule has 0 radical (unpaired) electrons. The van der Waals surface area contributed by atoms with Gasteiger partial charge in [0.2, 0.25) is 5.91 Å². The molecule has 5 nitrogen and oxygen atoms in total. The fourth-order valence-electron chi connectivity index (χ4n) is 1.07. The Balaban J connectivity index is 2.59. The van der Waals surface area contributed by atoms with Crippen LogP contribution in [0.2, 0.25) is 0 Å². The standard InChI is InChI=1S/C10H15N3O2/c1-3-8(2)12-9(14)6-13-7-11-5-4-10(13)15/h4-5,7-8H,3,6H2,1-2H3,(H,12,14). The monoisotopic (exact) mass is 209 g/mol. The Morgan fingerprint density at radius 2 is 2.40 bits per heavy atom. The largest absolute Gasteiger partial charge is 0.352 e. The van der Waals surface area contributed by atoms with Crippen LogP contribution in [0.5, 0.6) is 0 Å². The van der Waals surface area contributed by atoms with Crippen LogP contribution in [0.15, 0.2) is 23.4 Å². The van der Waals surface area contributed by atoms with E-state index in [1.54, 1.807) is 0 Å². The van der Waals surface area contributed by atoms with Gasteiger partial charge in [0.25, 0.3) is 5.56 Å². The minimum Gasteiger partial charge on any atom is -0.352 e. The van der Waals surface area contributed by atoms with Gasteiger partial charge >= 0.3 is 0 Å². The van der Waals surface area contributed by atoms with Crippen molar-refractivity contribution in [3.63, 3.8) is 0 Å². The van der Waals surface area contributed by atoms with Gasteiger partial charge in [-0.25, -0.2) is 4.98 Å². The molecule has 0 saturated carbocycles. The molecule has 1 heterocycles. The molecule has 82 valence electrons. The maximum Gasteiger partial charge on any atom is 0.253 e. The number of rotatable bonds is 4. The van der Waals surface area contributed by atoms with Gasteiger partial charge in [-0.2, -0.15) is 0 Å². The first kappa shape index (κ1) is 11.4. The van der Waals surface area contributed by atoms with Crippen LogP contribution in [-0.2, 0) is 11.3 Å². The Labute approximate surface area is 88.1 Å². The Morgan fingerprint density at radius 3 is 3.00 bits per heavy atom. The van der Waals surface area contributed by atoms with E-state index in [9.17, 15) is 9.59 Å². The minimum atomic E-state index is -0.218. The molecule has 0 fully saturated rings.